The molecule has 1 aliphatic rings. The van der Waals surface area contributed by atoms with Gasteiger partial charge in [0.25, 0.3) is 0 Å². The van der Waals surface area contributed by atoms with Crippen LogP contribution in [0.5, 0.6) is 0 Å². The standard InChI is InChI=1S/C17H24N2O2/c1-12-3-4-13(2)15(11-12)16(20)5-6-17(21)19-9-7-14(18)8-10-19/h3-4,11,14H,5-10,18H2,1-2H3. The van der Waals surface area contributed by atoms with Gasteiger partial charge in [0.2, 0.25) is 5.91 Å². The smallest absolute Gasteiger partial charge is 0.223 e. The second-order valence-electron chi connectivity index (χ2n) is 5.96. The third kappa shape index (κ3) is 4.14. The number of piperidine rings is 1. The van der Waals surface area contributed by atoms with Crippen molar-refractivity contribution in [2.45, 2.75) is 45.6 Å². The number of likely N-dealkylation sites (tertiary alicyclic amines) is 1. The average molecular weight is 288 g/mol. The van der Waals surface area contributed by atoms with Gasteiger partial charge in [0, 0.05) is 37.5 Å². The summed E-state index contributed by atoms with van der Waals surface area (Å²) in [6, 6.07) is 6.07. The summed E-state index contributed by atoms with van der Waals surface area (Å²) in [6.07, 6.45) is 2.29. The van der Waals surface area contributed by atoms with E-state index < -0.39 is 0 Å². The maximum absolute atomic E-state index is 12.3. The first kappa shape index (κ1) is 15.7. The van der Waals surface area contributed by atoms with Crippen molar-refractivity contribution in [2.75, 3.05) is 13.1 Å². The lowest BCUT2D eigenvalue weighted by Crippen LogP contribution is -2.42. The number of aryl methyl sites for hydroxylation is 2. The lowest BCUT2D eigenvalue weighted by Gasteiger charge is -2.30. The van der Waals surface area contributed by atoms with Crippen molar-refractivity contribution in [1.29, 1.82) is 0 Å². The maximum atomic E-state index is 12.3. The minimum atomic E-state index is 0.0539. The molecule has 0 saturated carbocycles. The Hall–Kier alpha value is -1.68. The van der Waals surface area contributed by atoms with E-state index >= 15 is 0 Å². The van der Waals surface area contributed by atoms with Crippen LogP contribution in [0.15, 0.2) is 18.2 Å². The van der Waals surface area contributed by atoms with E-state index in [0.717, 1.165) is 42.6 Å². The molecule has 21 heavy (non-hydrogen) atoms. The van der Waals surface area contributed by atoms with E-state index in [4.69, 9.17) is 5.73 Å². The molecular formula is C17H24N2O2. The van der Waals surface area contributed by atoms with Gasteiger partial charge in [0.1, 0.15) is 0 Å². The zero-order valence-corrected chi connectivity index (χ0v) is 12.9. The summed E-state index contributed by atoms with van der Waals surface area (Å²) in [5.41, 5.74) is 8.62. The Labute approximate surface area is 126 Å². The lowest BCUT2D eigenvalue weighted by atomic mass is 9.99. The van der Waals surface area contributed by atoms with E-state index in [1.54, 1.807) is 0 Å². The topological polar surface area (TPSA) is 63.4 Å². The van der Waals surface area contributed by atoms with Gasteiger partial charge in [-0.1, -0.05) is 17.7 Å². The van der Waals surface area contributed by atoms with E-state index in [9.17, 15) is 9.59 Å². The molecular weight excluding hydrogens is 264 g/mol. The molecule has 0 spiro atoms. The monoisotopic (exact) mass is 288 g/mol. The van der Waals surface area contributed by atoms with Crippen LogP contribution in [0.2, 0.25) is 0 Å². The molecule has 1 fully saturated rings. The van der Waals surface area contributed by atoms with E-state index in [-0.39, 0.29) is 24.2 Å². The van der Waals surface area contributed by atoms with Crippen LogP contribution in [0.1, 0.15) is 47.2 Å². The number of carbonyl (C=O) groups excluding carboxylic acids is 2. The highest BCUT2D eigenvalue weighted by atomic mass is 16.2. The van der Waals surface area contributed by atoms with Gasteiger partial charge in [-0.3, -0.25) is 9.59 Å². The van der Waals surface area contributed by atoms with Gasteiger partial charge in [-0.2, -0.15) is 0 Å². The third-order valence-electron chi connectivity index (χ3n) is 4.15. The van der Waals surface area contributed by atoms with Crippen molar-refractivity contribution in [2.24, 2.45) is 5.73 Å². The van der Waals surface area contributed by atoms with Gasteiger partial charge >= 0.3 is 0 Å². The second kappa shape index (κ2) is 6.85. The Morgan fingerprint density at radius 3 is 2.52 bits per heavy atom. The predicted octanol–water partition coefficient (Wildman–Crippen LogP) is 2.22. The normalized spacial score (nSPS) is 16.0. The number of nitrogens with two attached hydrogens (primary N) is 1. The Balaban J connectivity index is 1.89. The SMILES string of the molecule is Cc1ccc(C)c(C(=O)CCC(=O)N2CCC(N)CC2)c1. The van der Waals surface area contributed by atoms with Crippen molar-refractivity contribution in [1.82, 2.24) is 4.90 Å². The molecule has 4 heteroatoms. The van der Waals surface area contributed by atoms with Gasteiger partial charge in [-0.15, -0.1) is 0 Å². The molecule has 0 radical (unpaired) electrons. The quantitative estimate of drug-likeness (QED) is 0.864. The van der Waals surface area contributed by atoms with Crippen molar-refractivity contribution >= 4 is 11.7 Å². The molecule has 1 heterocycles. The van der Waals surface area contributed by atoms with Gasteiger partial charge in [0.05, 0.1) is 0 Å². The second-order valence-corrected chi connectivity index (χ2v) is 5.96. The molecule has 0 bridgehead atoms. The fourth-order valence-electron chi connectivity index (χ4n) is 2.70. The summed E-state index contributed by atoms with van der Waals surface area (Å²) < 4.78 is 0. The molecule has 2 N–H and O–H groups in total. The molecule has 0 aliphatic carbocycles. The van der Waals surface area contributed by atoms with Gasteiger partial charge in [-0.25, -0.2) is 0 Å². The summed E-state index contributed by atoms with van der Waals surface area (Å²) in [7, 11) is 0. The van der Waals surface area contributed by atoms with Gasteiger partial charge in [-0.05, 0) is 38.3 Å². The minimum absolute atomic E-state index is 0.0539. The maximum Gasteiger partial charge on any atom is 0.223 e. The molecule has 0 unspecified atom stereocenters. The minimum Gasteiger partial charge on any atom is -0.343 e. The Morgan fingerprint density at radius 1 is 1.19 bits per heavy atom. The highest BCUT2D eigenvalue weighted by Crippen LogP contribution is 2.15. The molecule has 1 amide bonds. The van der Waals surface area contributed by atoms with Crippen LogP contribution in [-0.4, -0.2) is 35.7 Å². The summed E-state index contributed by atoms with van der Waals surface area (Å²) >= 11 is 0. The predicted molar refractivity (Wildman–Crippen MR) is 83.3 cm³/mol. The zero-order chi connectivity index (χ0) is 15.4. The number of rotatable bonds is 4. The van der Waals surface area contributed by atoms with Crippen LogP contribution in [0.3, 0.4) is 0 Å². The number of ketones is 1. The fourth-order valence-corrected chi connectivity index (χ4v) is 2.70. The van der Waals surface area contributed by atoms with E-state index in [0.29, 0.717) is 6.42 Å². The number of carbonyl (C=O) groups is 2. The molecule has 1 aromatic carbocycles. The highest BCUT2D eigenvalue weighted by molar-refractivity contribution is 5.99. The van der Waals surface area contributed by atoms with Crippen LogP contribution >= 0.6 is 0 Å². The number of nitrogens with zero attached hydrogens (tertiary/aromatic N) is 1. The average Bonchev–Trinajstić information content (AvgIpc) is 2.47. The van der Waals surface area contributed by atoms with Gasteiger partial charge < -0.3 is 10.6 Å². The highest BCUT2D eigenvalue weighted by Gasteiger charge is 2.21. The number of hydrogen-bond donors (Lipinski definition) is 1. The number of Topliss-reactive ketones (excluding diaryl/α,β-unsaturated/α-hetero) is 1. The molecule has 2 rings (SSSR count). The summed E-state index contributed by atoms with van der Waals surface area (Å²) in [5.74, 6) is 0.124. The van der Waals surface area contributed by atoms with Crippen LogP contribution < -0.4 is 5.73 Å². The van der Waals surface area contributed by atoms with Crippen LogP contribution in [0.4, 0.5) is 0 Å². The van der Waals surface area contributed by atoms with Crippen molar-refractivity contribution < 1.29 is 9.59 Å². The summed E-state index contributed by atoms with van der Waals surface area (Å²) in [4.78, 5) is 26.2. The first-order chi connectivity index (χ1) is 9.97. The molecule has 114 valence electrons. The first-order valence-corrected chi connectivity index (χ1v) is 7.61. The van der Waals surface area contributed by atoms with E-state index in [2.05, 4.69) is 0 Å². The molecule has 1 aromatic rings. The first-order valence-electron chi connectivity index (χ1n) is 7.61. The number of amides is 1. The van der Waals surface area contributed by atoms with Crippen molar-refractivity contribution in [3.05, 3.63) is 34.9 Å². The lowest BCUT2D eigenvalue weighted by molar-refractivity contribution is -0.132. The van der Waals surface area contributed by atoms with E-state index in [1.165, 1.54) is 0 Å². The zero-order valence-electron chi connectivity index (χ0n) is 12.9. The summed E-state index contributed by atoms with van der Waals surface area (Å²) in [6.45, 7) is 5.34. The Kier molecular flexibility index (Phi) is 5.12. The molecule has 1 aliphatic heterocycles. The van der Waals surface area contributed by atoms with Crippen LogP contribution in [0.25, 0.3) is 0 Å². The largest absolute Gasteiger partial charge is 0.343 e. The third-order valence-corrected chi connectivity index (χ3v) is 4.15. The Morgan fingerprint density at radius 2 is 1.86 bits per heavy atom. The van der Waals surface area contributed by atoms with Crippen molar-refractivity contribution in [3.63, 3.8) is 0 Å². The fraction of sp³-hybridized carbons (Fsp3) is 0.529. The molecule has 0 atom stereocenters. The van der Waals surface area contributed by atoms with Crippen LogP contribution in [-0.2, 0) is 4.79 Å². The number of hydrogen-bond acceptors (Lipinski definition) is 3. The molecule has 0 aromatic heterocycles. The molecule has 1 saturated heterocycles. The van der Waals surface area contributed by atoms with Crippen molar-refractivity contribution in [3.8, 4) is 0 Å². The summed E-state index contributed by atoms with van der Waals surface area (Å²) in [5, 5.41) is 0. The van der Waals surface area contributed by atoms with Gasteiger partial charge in [0.15, 0.2) is 5.78 Å². The van der Waals surface area contributed by atoms with E-state index in [1.807, 2.05) is 36.9 Å². The molecule has 4 nitrogen and oxygen atoms in total. The Bertz CT molecular complexity index is 532. The van der Waals surface area contributed by atoms with Crippen LogP contribution in [0, 0.1) is 13.8 Å². The number of benzene rings is 1.